The van der Waals surface area contributed by atoms with Crippen LogP contribution in [-0.2, 0) is 0 Å². The van der Waals surface area contributed by atoms with Crippen LogP contribution < -0.4 is 0 Å². The standard InChI is InChI=1S/C46H28O/c1-2-11-29(12-3-1)31-21-22-33-28-34(24-23-32(33)27-31)43-36-15-6-8-17-38(36)44(39-18-9-7-16-37(39)43)40-19-10-20-42-45(40)41-26-25-30-13-4-5-14-35(30)46(41)47-42/h1-28H/i4D,5D,10D,13D,14D,19D,20D,21D,22D,23D,24D,25D,26D,27D,28D. The number of furan rings is 1. The van der Waals surface area contributed by atoms with Crippen molar-refractivity contribution in [3.05, 3.63) is 169 Å². The molecule has 9 aromatic carbocycles. The van der Waals surface area contributed by atoms with Crippen molar-refractivity contribution in [2.45, 2.75) is 0 Å². The van der Waals surface area contributed by atoms with Crippen molar-refractivity contribution >= 4 is 65.0 Å². The third kappa shape index (κ3) is 3.97. The molecule has 0 amide bonds. The summed E-state index contributed by atoms with van der Waals surface area (Å²) in [6.07, 6.45) is 0. The van der Waals surface area contributed by atoms with Gasteiger partial charge in [-0.3, -0.25) is 0 Å². The average molecular weight is 612 g/mol. The number of rotatable bonds is 3. The van der Waals surface area contributed by atoms with Crippen LogP contribution in [0.15, 0.2) is 174 Å². The second-order valence-electron chi connectivity index (χ2n) is 11.2. The van der Waals surface area contributed by atoms with Gasteiger partial charge in [0.05, 0.1) is 20.6 Å². The van der Waals surface area contributed by atoms with Crippen LogP contribution in [-0.4, -0.2) is 0 Å². The van der Waals surface area contributed by atoms with Crippen LogP contribution in [0.4, 0.5) is 0 Å². The van der Waals surface area contributed by atoms with Gasteiger partial charge in [-0.2, -0.15) is 0 Å². The lowest BCUT2D eigenvalue weighted by Crippen LogP contribution is -1.91. The van der Waals surface area contributed by atoms with E-state index in [1.165, 1.54) is 0 Å². The predicted molar refractivity (Wildman–Crippen MR) is 200 cm³/mol. The SMILES string of the molecule is [2H]c1c([2H])c(-c2c3ccccc3c(-c3c([2H])c([2H])c4c([2H])c(-c5ccccc5)c([2H])c([2H])c4c3[2H])c3ccccc23)c2c(oc3c4c([2H])c([2H])c([2H])c([2H])c4c([2H])c([2H])c32)c1[2H]. The van der Waals surface area contributed by atoms with Crippen molar-refractivity contribution in [1.82, 2.24) is 0 Å². The second-order valence-corrected chi connectivity index (χ2v) is 11.2. The Morgan fingerprint density at radius 1 is 0.404 bits per heavy atom. The first-order chi connectivity index (χ1) is 29.6. The smallest absolute Gasteiger partial charge is 0.143 e. The number of hydrogen-bond acceptors (Lipinski definition) is 1. The molecule has 1 nitrogen and oxygen atoms in total. The van der Waals surface area contributed by atoms with Gasteiger partial charge in [-0.15, -0.1) is 0 Å². The molecule has 47 heavy (non-hydrogen) atoms. The highest BCUT2D eigenvalue weighted by Gasteiger charge is 2.21. The van der Waals surface area contributed by atoms with Gasteiger partial charge in [0.15, 0.2) is 0 Å². The van der Waals surface area contributed by atoms with Crippen LogP contribution in [0.1, 0.15) is 20.6 Å². The summed E-state index contributed by atoms with van der Waals surface area (Å²) in [6, 6.07) is 15.8. The lowest BCUT2D eigenvalue weighted by molar-refractivity contribution is 0.673. The fourth-order valence-electron chi connectivity index (χ4n) is 6.57. The number of fused-ring (bicyclic) bond motifs is 8. The highest BCUT2D eigenvalue weighted by atomic mass is 16.3. The molecular weight excluding hydrogens is 569 g/mol. The van der Waals surface area contributed by atoms with E-state index < -0.39 is 60.4 Å². The molecule has 10 rings (SSSR count). The lowest BCUT2D eigenvalue weighted by atomic mass is 9.84. The molecule has 0 unspecified atom stereocenters. The van der Waals surface area contributed by atoms with E-state index in [9.17, 15) is 8.22 Å². The Morgan fingerprint density at radius 2 is 1.02 bits per heavy atom. The topological polar surface area (TPSA) is 13.1 Å². The summed E-state index contributed by atoms with van der Waals surface area (Å²) in [5.41, 5.74) is 0.860. The van der Waals surface area contributed by atoms with Crippen molar-refractivity contribution in [2.75, 3.05) is 0 Å². The highest BCUT2D eigenvalue weighted by Crippen LogP contribution is 2.47. The zero-order valence-corrected chi connectivity index (χ0v) is 24.4. The first-order valence-corrected chi connectivity index (χ1v) is 15.0. The Labute approximate surface area is 293 Å². The van der Waals surface area contributed by atoms with E-state index in [0.29, 0.717) is 38.2 Å². The molecule has 1 heterocycles. The van der Waals surface area contributed by atoms with Crippen molar-refractivity contribution in [3.8, 4) is 33.4 Å². The third-order valence-electron chi connectivity index (χ3n) is 8.62. The van der Waals surface area contributed by atoms with Gasteiger partial charge in [-0.05, 0) is 95.3 Å². The van der Waals surface area contributed by atoms with Gasteiger partial charge >= 0.3 is 0 Å². The maximum absolute atomic E-state index is 9.66. The average Bonchev–Trinajstić information content (AvgIpc) is 3.67. The van der Waals surface area contributed by atoms with Crippen LogP contribution in [0, 0.1) is 0 Å². The summed E-state index contributed by atoms with van der Waals surface area (Å²) in [7, 11) is 0. The molecule has 0 aliphatic heterocycles. The molecule has 0 saturated carbocycles. The summed E-state index contributed by atoms with van der Waals surface area (Å²) in [5, 5.41) is 1.01. The Hall–Kier alpha value is -6.18. The zero-order chi connectivity index (χ0) is 44.0. The molecule has 0 spiro atoms. The molecule has 0 fully saturated rings. The summed E-state index contributed by atoms with van der Waals surface area (Å²) in [6.45, 7) is 0. The van der Waals surface area contributed by atoms with E-state index in [-0.39, 0.29) is 90.4 Å². The highest BCUT2D eigenvalue weighted by molar-refractivity contribution is 6.27. The molecule has 1 heteroatoms. The van der Waals surface area contributed by atoms with E-state index >= 15 is 0 Å². The van der Waals surface area contributed by atoms with Gasteiger partial charge in [0.2, 0.25) is 0 Å². The van der Waals surface area contributed by atoms with Gasteiger partial charge in [-0.1, -0.05) is 145 Å². The van der Waals surface area contributed by atoms with E-state index in [2.05, 4.69) is 0 Å². The Morgan fingerprint density at radius 3 is 1.77 bits per heavy atom. The van der Waals surface area contributed by atoms with E-state index in [4.69, 9.17) is 16.8 Å². The van der Waals surface area contributed by atoms with Crippen molar-refractivity contribution < 1.29 is 25.0 Å². The van der Waals surface area contributed by atoms with E-state index in [1.54, 1.807) is 78.9 Å². The first kappa shape index (κ1) is 15.4. The first-order valence-electron chi connectivity index (χ1n) is 22.5. The second kappa shape index (κ2) is 10.2. The van der Waals surface area contributed by atoms with Crippen molar-refractivity contribution in [3.63, 3.8) is 0 Å². The summed E-state index contributed by atoms with van der Waals surface area (Å²) in [4.78, 5) is 0. The summed E-state index contributed by atoms with van der Waals surface area (Å²) < 4.78 is 142. The maximum atomic E-state index is 9.66. The largest absolute Gasteiger partial charge is 0.455 e. The molecule has 218 valence electrons. The Balaban J connectivity index is 1.39. The van der Waals surface area contributed by atoms with Crippen LogP contribution in [0.5, 0.6) is 0 Å². The van der Waals surface area contributed by atoms with Gasteiger partial charge in [-0.25, -0.2) is 0 Å². The molecule has 0 saturated heterocycles. The van der Waals surface area contributed by atoms with Gasteiger partial charge < -0.3 is 4.42 Å². The lowest BCUT2D eigenvalue weighted by Gasteiger charge is -2.18. The zero-order valence-electron chi connectivity index (χ0n) is 39.4. The van der Waals surface area contributed by atoms with E-state index in [0.717, 1.165) is 0 Å². The van der Waals surface area contributed by atoms with Gasteiger partial charge in [0.1, 0.15) is 11.2 Å². The summed E-state index contributed by atoms with van der Waals surface area (Å²) in [5.74, 6) is 0. The molecule has 0 radical (unpaired) electrons. The Bertz CT molecular complexity index is 3630. The minimum atomic E-state index is -0.598. The fourth-order valence-corrected chi connectivity index (χ4v) is 6.57. The fraction of sp³-hybridized carbons (Fsp3) is 0. The molecule has 0 atom stereocenters. The summed E-state index contributed by atoms with van der Waals surface area (Å²) >= 11 is 0. The van der Waals surface area contributed by atoms with Crippen LogP contribution >= 0.6 is 0 Å². The third-order valence-corrected chi connectivity index (χ3v) is 8.62. The quantitative estimate of drug-likeness (QED) is 0.181. The van der Waals surface area contributed by atoms with Crippen LogP contribution in [0.25, 0.3) is 98.4 Å². The van der Waals surface area contributed by atoms with Gasteiger partial charge in [0.25, 0.3) is 0 Å². The van der Waals surface area contributed by atoms with Crippen molar-refractivity contribution in [2.24, 2.45) is 0 Å². The van der Waals surface area contributed by atoms with E-state index in [1.807, 2.05) is 0 Å². The number of benzene rings is 9. The predicted octanol–water partition coefficient (Wildman–Crippen LogP) is 13.2. The molecule has 0 N–H and O–H groups in total. The molecule has 0 bridgehead atoms. The van der Waals surface area contributed by atoms with Gasteiger partial charge in [0, 0.05) is 16.2 Å². The van der Waals surface area contributed by atoms with Crippen LogP contribution in [0.2, 0.25) is 0 Å². The Kier molecular flexibility index (Phi) is 3.33. The van der Waals surface area contributed by atoms with Crippen molar-refractivity contribution in [1.29, 1.82) is 0 Å². The minimum absolute atomic E-state index is 0.0161. The molecular formula is C46H28O. The molecule has 0 aliphatic rings. The molecule has 0 aliphatic carbocycles. The normalized spacial score (nSPS) is 16.3. The van der Waals surface area contributed by atoms with Crippen LogP contribution in [0.3, 0.4) is 0 Å². The molecule has 10 aromatic rings. The molecule has 1 aromatic heterocycles. The number of hydrogen-bond donors (Lipinski definition) is 0. The monoisotopic (exact) mass is 611 g/mol. The minimum Gasteiger partial charge on any atom is -0.455 e. The maximum Gasteiger partial charge on any atom is 0.143 e.